The monoisotopic (exact) mass is 235 g/mol. The molecule has 0 saturated carbocycles. The summed E-state index contributed by atoms with van der Waals surface area (Å²) >= 11 is 0. The molecule has 0 aliphatic rings. The normalized spacial score (nSPS) is 10.4. The molecule has 5 heteroatoms. The maximum atomic E-state index is 11.8. The first-order valence-corrected chi connectivity index (χ1v) is 4.92. The summed E-state index contributed by atoms with van der Waals surface area (Å²) in [7, 11) is 0. The van der Waals surface area contributed by atoms with Crippen LogP contribution in [0, 0.1) is 13.8 Å². The summed E-state index contributed by atoms with van der Waals surface area (Å²) in [5.41, 5.74) is 7.22. The molecule has 0 aromatic heterocycles. The molecule has 0 amide bonds. The van der Waals surface area contributed by atoms with Gasteiger partial charge in [0.2, 0.25) is 0 Å². The summed E-state index contributed by atoms with van der Waals surface area (Å²) in [6.07, 6.45) is -4.67. The highest BCUT2D eigenvalue weighted by Crippen LogP contribution is 2.28. The van der Waals surface area contributed by atoms with Crippen molar-refractivity contribution in [2.45, 2.75) is 34.1 Å². The van der Waals surface area contributed by atoms with Crippen LogP contribution in [0.3, 0.4) is 0 Å². The summed E-state index contributed by atoms with van der Waals surface area (Å²) in [6.45, 7) is 7.41. The van der Waals surface area contributed by atoms with Crippen LogP contribution in [0.25, 0.3) is 0 Å². The van der Waals surface area contributed by atoms with Gasteiger partial charge in [-0.25, -0.2) is 0 Å². The van der Waals surface area contributed by atoms with Crippen molar-refractivity contribution in [3.05, 3.63) is 23.3 Å². The van der Waals surface area contributed by atoms with Gasteiger partial charge in [0.05, 0.1) is 0 Å². The number of rotatable bonds is 1. The lowest BCUT2D eigenvalue weighted by Gasteiger charge is -2.11. The fraction of sp³-hybridized carbons (Fsp3) is 0.455. The molecule has 0 radical (unpaired) electrons. The second-order valence-corrected chi connectivity index (χ2v) is 3.00. The highest BCUT2D eigenvalue weighted by Gasteiger charge is 2.31. The SMILES string of the molecule is CC.Cc1cc(OC(F)(F)F)cc(N)c1C. The van der Waals surface area contributed by atoms with Crippen LogP contribution in [0.1, 0.15) is 25.0 Å². The molecule has 0 heterocycles. The minimum Gasteiger partial charge on any atom is -0.406 e. The second kappa shape index (κ2) is 5.63. The van der Waals surface area contributed by atoms with E-state index >= 15 is 0 Å². The highest BCUT2D eigenvalue weighted by molar-refractivity contribution is 5.54. The van der Waals surface area contributed by atoms with Crippen LogP contribution < -0.4 is 10.5 Å². The van der Waals surface area contributed by atoms with E-state index in [0.717, 1.165) is 11.6 Å². The van der Waals surface area contributed by atoms with Gasteiger partial charge in [-0.3, -0.25) is 0 Å². The van der Waals surface area contributed by atoms with Crippen LogP contribution in [0.15, 0.2) is 12.1 Å². The number of hydrogen-bond donors (Lipinski definition) is 1. The summed E-state index contributed by atoms with van der Waals surface area (Å²) in [4.78, 5) is 0. The maximum Gasteiger partial charge on any atom is 0.573 e. The van der Waals surface area contributed by atoms with Crippen LogP contribution in [0.5, 0.6) is 5.75 Å². The lowest BCUT2D eigenvalue weighted by Crippen LogP contribution is -2.17. The predicted octanol–water partition coefficient (Wildman–Crippen LogP) is 3.81. The Hall–Kier alpha value is -1.39. The van der Waals surface area contributed by atoms with Gasteiger partial charge in [-0.2, -0.15) is 0 Å². The number of anilines is 1. The number of hydrogen-bond acceptors (Lipinski definition) is 2. The molecule has 0 spiro atoms. The molecule has 1 aromatic rings. The Morgan fingerprint density at radius 2 is 1.62 bits per heavy atom. The molecule has 16 heavy (non-hydrogen) atoms. The maximum absolute atomic E-state index is 11.8. The third-order valence-electron chi connectivity index (χ3n) is 1.91. The molecule has 0 bridgehead atoms. The topological polar surface area (TPSA) is 35.2 Å². The number of ether oxygens (including phenoxy) is 1. The first-order chi connectivity index (χ1) is 7.29. The minimum absolute atomic E-state index is 0.280. The summed E-state index contributed by atoms with van der Waals surface area (Å²) in [5, 5.41) is 0. The molecule has 92 valence electrons. The zero-order valence-electron chi connectivity index (χ0n) is 9.77. The van der Waals surface area contributed by atoms with Gasteiger partial charge >= 0.3 is 6.36 Å². The zero-order chi connectivity index (χ0) is 12.9. The molecular formula is C11H16F3NO. The van der Waals surface area contributed by atoms with Gasteiger partial charge in [0.1, 0.15) is 5.75 Å². The highest BCUT2D eigenvalue weighted by atomic mass is 19.4. The molecular weight excluding hydrogens is 219 g/mol. The van der Waals surface area contributed by atoms with Crippen LogP contribution in [0.2, 0.25) is 0 Å². The van der Waals surface area contributed by atoms with E-state index in [9.17, 15) is 13.2 Å². The smallest absolute Gasteiger partial charge is 0.406 e. The Morgan fingerprint density at radius 3 is 2.00 bits per heavy atom. The molecule has 0 unspecified atom stereocenters. The fourth-order valence-corrected chi connectivity index (χ4v) is 1.05. The molecule has 2 N–H and O–H groups in total. The quantitative estimate of drug-likeness (QED) is 0.751. The molecule has 1 aromatic carbocycles. The third kappa shape index (κ3) is 4.42. The Bertz CT molecular complexity index is 325. The van der Waals surface area contributed by atoms with Gasteiger partial charge in [-0.1, -0.05) is 13.8 Å². The van der Waals surface area contributed by atoms with E-state index in [2.05, 4.69) is 4.74 Å². The van der Waals surface area contributed by atoms with Crippen molar-refractivity contribution in [2.75, 3.05) is 5.73 Å². The predicted molar refractivity (Wildman–Crippen MR) is 58.4 cm³/mol. The van der Waals surface area contributed by atoms with E-state index in [0.29, 0.717) is 11.3 Å². The Balaban J connectivity index is 0.00000106. The minimum atomic E-state index is -4.67. The lowest BCUT2D eigenvalue weighted by molar-refractivity contribution is -0.274. The van der Waals surface area contributed by atoms with Crippen molar-refractivity contribution < 1.29 is 17.9 Å². The van der Waals surface area contributed by atoms with Gasteiger partial charge < -0.3 is 10.5 Å². The summed E-state index contributed by atoms with van der Waals surface area (Å²) in [5.74, 6) is -0.280. The zero-order valence-corrected chi connectivity index (χ0v) is 9.77. The second-order valence-electron chi connectivity index (χ2n) is 3.00. The number of nitrogen functional groups attached to an aromatic ring is 1. The van der Waals surface area contributed by atoms with E-state index in [4.69, 9.17) is 5.73 Å². The fourth-order valence-electron chi connectivity index (χ4n) is 1.05. The number of alkyl halides is 3. The van der Waals surface area contributed by atoms with Crippen molar-refractivity contribution >= 4 is 5.69 Å². The number of nitrogens with two attached hydrogens (primary N) is 1. The molecule has 0 atom stereocenters. The van der Waals surface area contributed by atoms with Crippen LogP contribution in [0.4, 0.5) is 18.9 Å². The van der Waals surface area contributed by atoms with Crippen molar-refractivity contribution in [3.8, 4) is 5.75 Å². The van der Waals surface area contributed by atoms with Gasteiger partial charge in [0.25, 0.3) is 0 Å². The van der Waals surface area contributed by atoms with Crippen molar-refractivity contribution in [3.63, 3.8) is 0 Å². The standard InChI is InChI=1S/C9H10F3NO.C2H6/c1-5-3-7(14-9(10,11)12)4-8(13)6(5)2;1-2/h3-4H,13H2,1-2H3;1-2H3. The largest absolute Gasteiger partial charge is 0.573 e. The molecule has 0 saturated heterocycles. The number of halogens is 3. The molecule has 0 aliphatic heterocycles. The molecule has 1 rings (SSSR count). The van der Waals surface area contributed by atoms with Gasteiger partial charge in [-0.05, 0) is 31.0 Å². The summed E-state index contributed by atoms with van der Waals surface area (Å²) < 4.78 is 39.3. The molecule has 0 aliphatic carbocycles. The van der Waals surface area contributed by atoms with Gasteiger partial charge in [0.15, 0.2) is 0 Å². The van der Waals surface area contributed by atoms with Crippen molar-refractivity contribution in [1.29, 1.82) is 0 Å². The first kappa shape index (κ1) is 14.6. The van der Waals surface area contributed by atoms with Gasteiger partial charge in [0, 0.05) is 11.8 Å². The van der Waals surface area contributed by atoms with Crippen LogP contribution in [-0.4, -0.2) is 6.36 Å². The molecule has 2 nitrogen and oxygen atoms in total. The van der Waals surface area contributed by atoms with Crippen LogP contribution >= 0.6 is 0 Å². The average Bonchev–Trinajstić information content (AvgIpc) is 2.14. The van der Waals surface area contributed by atoms with E-state index in [1.54, 1.807) is 13.8 Å². The van der Waals surface area contributed by atoms with E-state index in [1.165, 1.54) is 6.07 Å². The van der Waals surface area contributed by atoms with E-state index < -0.39 is 6.36 Å². The van der Waals surface area contributed by atoms with Crippen molar-refractivity contribution in [1.82, 2.24) is 0 Å². The Morgan fingerprint density at radius 1 is 1.12 bits per heavy atom. The molecule has 0 fully saturated rings. The van der Waals surface area contributed by atoms with Crippen molar-refractivity contribution in [2.24, 2.45) is 0 Å². The Labute approximate surface area is 93.2 Å². The van der Waals surface area contributed by atoms with E-state index in [1.807, 2.05) is 13.8 Å². The summed E-state index contributed by atoms with van der Waals surface area (Å²) in [6, 6.07) is 2.47. The number of aryl methyl sites for hydroxylation is 1. The van der Waals surface area contributed by atoms with Gasteiger partial charge in [-0.15, -0.1) is 13.2 Å². The number of benzene rings is 1. The third-order valence-corrected chi connectivity index (χ3v) is 1.91. The average molecular weight is 235 g/mol. The van der Waals surface area contributed by atoms with Crippen LogP contribution in [-0.2, 0) is 0 Å². The lowest BCUT2D eigenvalue weighted by atomic mass is 10.1. The van der Waals surface area contributed by atoms with E-state index in [-0.39, 0.29) is 5.75 Å². The Kier molecular flexibility index (Phi) is 5.14. The first-order valence-electron chi connectivity index (χ1n) is 4.92.